The third-order valence-corrected chi connectivity index (χ3v) is 3.65. The minimum absolute atomic E-state index is 0.0337. The quantitative estimate of drug-likeness (QED) is 0.879. The molecule has 20 heavy (non-hydrogen) atoms. The highest BCUT2D eigenvalue weighted by atomic mass is 35.5. The van der Waals surface area contributed by atoms with E-state index in [0.29, 0.717) is 17.1 Å². The van der Waals surface area contributed by atoms with Crippen LogP contribution in [0.4, 0.5) is 11.5 Å². The van der Waals surface area contributed by atoms with Gasteiger partial charge in [-0.2, -0.15) is 0 Å². The van der Waals surface area contributed by atoms with Crippen LogP contribution in [0, 0.1) is 6.92 Å². The molecule has 1 N–H and O–H groups in total. The summed E-state index contributed by atoms with van der Waals surface area (Å²) in [7, 11) is -3.11. The van der Waals surface area contributed by atoms with Gasteiger partial charge in [-0.3, -0.25) is 0 Å². The second-order valence-electron chi connectivity index (χ2n) is 4.52. The van der Waals surface area contributed by atoms with E-state index in [2.05, 4.69) is 15.3 Å². The first-order valence-electron chi connectivity index (χ1n) is 5.87. The summed E-state index contributed by atoms with van der Waals surface area (Å²) in [4.78, 5) is 7.98. The summed E-state index contributed by atoms with van der Waals surface area (Å²) in [6.07, 6.45) is 2.81. The molecule has 1 aromatic heterocycles. The van der Waals surface area contributed by atoms with Crippen LogP contribution in [0.15, 0.2) is 30.5 Å². The summed E-state index contributed by atoms with van der Waals surface area (Å²) < 4.78 is 22.9. The third-order valence-electron chi connectivity index (χ3n) is 2.63. The molecular formula is C13H14ClN3O2S. The van der Waals surface area contributed by atoms with Crippen molar-refractivity contribution in [1.29, 1.82) is 0 Å². The normalized spacial score (nSPS) is 11.3. The van der Waals surface area contributed by atoms with E-state index in [-0.39, 0.29) is 11.0 Å². The molecule has 0 fully saturated rings. The van der Waals surface area contributed by atoms with Crippen LogP contribution in [-0.2, 0) is 15.6 Å². The van der Waals surface area contributed by atoms with Gasteiger partial charge >= 0.3 is 0 Å². The highest BCUT2D eigenvalue weighted by molar-refractivity contribution is 7.89. The number of aromatic nitrogens is 2. The first kappa shape index (κ1) is 14.7. The Kier molecular flexibility index (Phi) is 4.25. The lowest BCUT2D eigenvalue weighted by Gasteiger charge is -2.12. The molecule has 2 aromatic rings. The van der Waals surface area contributed by atoms with Gasteiger partial charge in [0, 0.05) is 23.7 Å². The Morgan fingerprint density at radius 1 is 1.30 bits per heavy atom. The number of halogens is 1. The summed E-state index contributed by atoms with van der Waals surface area (Å²) >= 11 is 5.77. The summed E-state index contributed by atoms with van der Waals surface area (Å²) in [5.74, 6) is 0.527. The maximum Gasteiger partial charge on any atom is 0.224 e. The minimum Gasteiger partial charge on any atom is -0.340 e. The molecule has 1 aromatic carbocycles. The summed E-state index contributed by atoms with van der Waals surface area (Å²) in [6.45, 7) is 1.85. The second-order valence-corrected chi connectivity index (χ2v) is 7.00. The number of aryl methyl sites for hydroxylation is 1. The highest BCUT2D eigenvalue weighted by Gasteiger charge is 2.10. The maximum absolute atomic E-state index is 11.5. The molecule has 2 rings (SSSR count). The number of para-hydroxylation sites is 1. The van der Waals surface area contributed by atoms with Gasteiger partial charge in [0.1, 0.15) is 5.82 Å². The molecule has 0 saturated heterocycles. The van der Waals surface area contributed by atoms with Gasteiger partial charge in [-0.1, -0.05) is 18.2 Å². The molecule has 0 aliphatic heterocycles. The molecule has 5 nitrogen and oxygen atoms in total. The molecular weight excluding hydrogens is 298 g/mol. The largest absolute Gasteiger partial charge is 0.340 e. The summed E-state index contributed by atoms with van der Waals surface area (Å²) in [5, 5.41) is 3.24. The Morgan fingerprint density at radius 2 is 2.00 bits per heavy atom. The zero-order valence-electron chi connectivity index (χ0n) is 11.1. The van der Waals surface area contributed by atoms with Crippen LogP contribution < -0.4 is 5.32 Å². The van der Waals surface area contributed by atoms with E-state index in [1.54, 1.807) is 24.4 Å². The topological polar surface area (TPSA) is 72.0 Å². The molecule has 1 heterocycles. The first-order chi connectivity index (χ1) is 9.35. The molecule has 0 saturated carbocycles. The fourth-order valence-electron chi connectivity index (χ4n) is 1.73. The second kappa shape index (κ2) is 5.76. The fraction of sp³-hybridized carbons (Fsp3) is 0.231. The minimum atomic E-state index is -3.11. The van der Waals surface area contributed by atoms with Gasteiger partial charge in [-0.25, -0.2) is 18.4 Å². The number of nitrogens with one attached hydrogen (secondary N) is 1. The van der Waals surface area contributed by atoms with E-state index in [4.69, 9.17) is 11.6 Å². The Hall–Kier alpha value is -1.66. The van der Waals surface area contributed by atoms with E-state index in [1.165, 1.54) is 6.26 Å². The zero-order chi connectivity index (χ0) is 14.8. The average molecular weight is 312 g/mol. The van der Waals surface area contributed by atoms with Crippen molar-refractivity contribution in [2.75, 3.05) is 11.6 Å². The summed E-state index contributed by atoms with van der Waals surface area (Å²) in [6, 6.07) is 7.19. The number of hydrogen-bond donors (Lipinski definition) is 1. The van der Waals surface area contributed by atoms with Gasteiger partial charge in [0.25, 0.3) is 0 Å². The molecule has 0 radical (unpaired) electrons. The number of anilines is 2. The highest BCUT2D eigenvalue weighted by Crippen LogP contribution is 2.23. The molecule has 0 amide bonds. The average Bonchev–Trinajstić information content (AvgIpc) is 2.34. The van der Waals surface area contributed by atoms with E-state index in [1.807, 2.05) is 13.0 Å². The Balaban J connectivity index is 2.36. The maximum atomic E-state index is 11.5. The number of sulfone groups is 1. The fourth-order valence-corrected chi connectivity index (χ4v) is 2.68. The van der Waals surface area contributed by atoms with Crippen molar-refractivity contribution in [3.63, 3.8) is 0 Å². The molecule has 106 valence electrons. The van der Waals surface area contributed by atoms with E-state index < -0.39 is 9.84 Å². The van der Waals surface area contributed by atoms with Crippen molar-refractivity contribution in [3.05, 3.63) is 46.9 Å². The van der Waals surface area contributed by atoms with Crippen molar-refractivity contribution in [3.8, 4) is 0 Å². The predicted molar refractivity (Wildman–Crippen MR) is 80.1 cm³/mol. The molecule has 7 heteroatoms. The van der Waals surface area contributed by atoms with Crippen molar-refractivity contribution in [2.45, 2.75) is 12.7 Å². The molecule has 0 aliphatic carbocycles. The van der Waals surface area contributed by atoms with Crippen LogP contribution in [0.5, 0.6) is 0 Å². The van der Waals surface area contributed by atoms with Gasteiger partial charge < -0.3 is 5.32 Å². The van der Waals surface area contributed by atoms with Gasteiger partial charge in [-0.05, 0) is 30.2 Å². The molecule has 0 bridgehead atoms. The van der Waals surface area contributed by atoms with E-state index in [0.717, 1.165) is 5.56 Å². The SMILES string of the molecule is Cc1cnc(Cl)nc1Nc1ccccc1CS(C)(=O)=O. The number of nitrogens with zero attached hydrogens (tertiary/aromatic N) is 2. The third kappa shape index (κ3) is 3.91. The van der Waals surface area contributed by atoms with Gasteiger partial charge in [0.15, 0.2) is 9.84 Å². The van der Waals surface area contributed by atoms with Crippen molar-refractivity contribution in [1.82, 2.24) is 9.97 Å². The number of rotatable bonds is 4. The Bertz CT molecular complexity index is 732. The van der Waals surface area contributed by atoms with Crippen LogP contribution in [-0.4, -0.2) is 24.6 Å². The van der Waals surface area contributed by atoms with Gasteiger partial charge in [0.2, 0.25) is 5.28 Å². The van der Waals surface area contributed by atoms with E-state index >= 15 is 0 Å². The molecule has 0 unspecified atom stereocenters. The molecule has 0 aliphatic rings. The lowest BCUT2D eigenvalue weighted by atomic mass is 10.2. The van der Waals surface area contributed by atoms with Crippen LogP contribution in [0.25, 0.3) is 0 Å². The first-order valence-corrected chi connectivity index (χ1v) is 8.31. The van der Waals surface area contributed by atoms with Gasteiger partial charge in [-0.15, -0.1) is 0 Å². The smallest absolute Gasteiger partial charge is 0.224 e. The van der Waals surface area contributed by atoms with Gasteiger partial charge in [0.05, 0.1) is 5.75 Å². The Morgan fingerprint density at radius 3 is 2.70 bits per heavy atom. The summed E-state index contributed by atoms with van der Waals surface area (Å²) in [5.41, 5.74) is 2.20. The number of hydrogen-bond acceptors (Lipinski definition) is 5. The van der Waals surface area contributed by atoms with Crippen LogP contribution in [0.2, 0.25) is 5.28 Å². The number of benzene rings is 1. The standard InChI is InChI=1S/C13H14ClN3O2S/c1-9-7-15-13(14)17-12(9)16-11-6-4-3-5-10(11)8-20(2,18)19/h3-7H,8H2,1-2H3,(H,15,16,17). The molecule has 0 atom stereocenters. The van der Waals surface area contributed by atoms with Crippen LogP contribution in [0.3, 0.4) is 0 Å². The monoisotopic (exact) mass is 311 g/mol. The molecule has 0 spiro atoms. The van der Waals surface area contributed by atoms with Crippen molar-refractivity contribution >= 4 is 32.9 Å². The predicted octanol–water partition coefficient (Wildman–Crippen LogP) is 2.73. The lowest BCUT2D eigenvalue weighted by Crippen LogP contribution is -2.05. The lowest BCUT2D eigenvalue weighted by molar-refractivity contribution is 0.601. The van der Waals surface area contributed by atoms with E-state index in [9.17, 15) is 8.42 Å². The zero-order valence-corrected chi connectivity index (χ0v) is 12.7. The Labute approximate surface area is 123 Å². The van der Waals surface area contributed by atoms with Crippen LogP contribution in [0.1, 0.15) is 11.1 Å². The van der Waals surface area contributed by atoms with Crippen molar-refractivity contribution < 1.29 is 8.42 Å². The van der Waals surface area contributed by atoms with Crippen molar-refractivity contribution in [2.24, 2.45) is 0 Å². The van der Waals surface area contributed by atoms with Crippen LogP contribution >= 0.6 is 11.6 Å².